The molecule has 6 N–H and O–H groups in total. The highest BCUT2D eigenvalue weighted by Crippen LogP contribution is 2.28. The molecule has 114 valence electrons. The summed E-state index contributed by atoms with van der Waals surface area (Å²) in [7, 11) is 0. The third kappa shape index (κ3) is 2.85. The number of nitrogen functional groups attached to an aromatic ring is 2. The van der Waals surface area contributed by atoms with Crippen LogP contribution in [0.1, 0.15) is 44.7 Å². The molecule has 6 heteroatoms. The van der Waals surface area contributed by atoms with Gasteiger partial charge in [-0.05, 0) is 35.4 Å². The van der Waals surface area contributed by atoms with Crippen LogP contribution in [0.5, 0.6) is 0 Å². The largest absolute Gasteiger partial charge is 0.478 e. The number of aromatic carboxylic acids is 2. The van der Waals surface area contributed by atoms with E-state index in [1.54, 1.807) is 12.1 Å². The van der Waals surface area contributed by atoms with Gasteiger partial charge in [0.15, 0.2) is 0 Å². The molecule has 0 radical (unpaired) electrons. The third-order valence-corrected chi connectivity index (χ3v) is 3.62. The van der Waals surface area contributed by atoms with Gasteiger partial charge < -0.3 is 21.7 Å². The minimum absolute atomic E-state index is 0.0262. The predicted molar refractivity (Wildman–Crippen MR) is 83.1 cm³/mol. The van der Waals surface area contributed by atoms with Gasteiger partial charge in [-0.25, -0.2) is 9.59 Å². The summed E-state index contributed by atoms with van der Waals surface area (Å²) in [5.41, 5.74) is 13.2. The summed E-state index contributed by atoms with van der Waals surface area (Å²) in [5.74, 6) is -2.40. The van der Waals surface area contributed by atoms with Gasteiger partial charge in [-0.15, -0.1) is 0 Å². The van der Waals surface area contributed by atoms with Crippen LogP contribution in [0.15, 0.2) is 36.4 Å². The SMILES string of the molecule is CC(c1ccc(N)c(C(=O)O)c1)c1ccc(N)c(C(=O)O)c1. The van der Waals surface area contributed by atoms with Crippen LogP contribution in [0.3, 0.4) is 0 Å². The third-order valence-electron chi connectivity index (χ3n) is 3.62. The number of anilines is 2. The van der Waals surface area contributed by atoms with Gasteiger partial charge in [0.25, 0.3) is 0 Å². The van der Waals surface area contributed by atoms with Crippen molar-refractivity contribution in [2.24, 2.45) is 0 Å². The minimum Gasteiger partial charge on any atom is -0.478 e. The summed E-state index contributed by atoms with van der Waals surface area (Å²) in [6.07, 6.45) is 0. The molecule has 0 aliphatic heterocycles. The lowest BCUT2D eigenvalue weighted by atomic mass is 9.90. The second-order valence-electron chi connectivity index (χ2n) is 5.03. The van der Waals surface area contributed by atoms with Gasteiger partial charge in [0.05, 0.1) is 11.1 Å². The lowest BCUT2D eigenvalue weighted by Gasteiger charge is -2.15. The number of carbonyl (C=O) groups is 2. The zero-order valence-electron chi connectivity index (χ0n) is 11.9. The smallest absolute Gasteiger partial charge is 0.337 e. The average molecular weight is 300 g/mol. The van der Waals surface area contributed by atoms with Crippen LogP contribution in [0.2, 0.25) is 0 Å². The highest BCUT2D eigenvalue weighted by molar-refractivity contribution is 5.94. The van der Waals surface area contributed by atoms with Crippen molar-refractivity contribution in [3.63, 3.8) is 0 Å². The molecule has 2 rings (SSSR count). The fraction of sp³-hybridized carbons (Fsp3) is 0.125. The van der Waals surface area contributed by atoms with Gasteiger partial charge in [-0.3, -0.25) is 0 Å². The Balaban J connectivity index is 2.46. The van der Waals surface area contributed by atoms with Crippen molar-refractivity contribution < 1.29 is 19.8 Å². The maximum atomic E-state index is 11.1. The average Bonchev–Trinajstić information content (AvgIpc) is 2.47. The first-order valence-corrected chi connectivity index (χ1v) is 6.56. The number of benzene rings is 2. The fourth-order valence-electron chi connectivity index (χ4n) is 2.25. The normalized spacial score (nSPS) is 10.6. The van der Waals surface area contributed by atoms with E-state index < -0.39 is 11.9 Å². The molecular weight excluding hydrogens is 284 g/mol. The summed E-state index contributed by atoms with van der Waals surface area (Å²) < 4.78 is 0. The van der Waals surface area contributed by atoms with E-state index in [2.05, 4.69) is 0 Å². The molecule has 0 saturated heterocycles. The highest BCUT2D eigenvalue weighted by Gasteiger charge is 2.16. The molecule has 0 saturated carbocycles. The van der Waals surface area contributed by atoms with Crippen molar-refractivity contribution in [2.45, 2.75) is 12.8 Å². The zero-order chi connectivity index (χ0) is 16.4. The Bertz CT molecular complexity index is 692. The van der Waals surface area contributed by atoms with E-state index in [-0.39, 0.29) is 28.4 Å². The van der Waals surface area contributed by atoms with Crippen molar-refractivity contribution in [1.82, 2.24) is 0 Å². The van der Waals surface area contributed by atoms with Crippen molar-refractivity contribution in [3.8, 4) is 0 Å². The van der Waals surface area contributed by atoms with Crippen molar-refractivity contribution in [2.75, 3.05) is 11.5 Å². The Morgan fingerprint density at radius 3 is 1.55 bits per heavy atom. The van der Waals surface area contributed by atoms with E-state index in [9.17, 15) is 9.59 Å². The van der Waals surface area contributed by atoms with Gasteiger partial charge in [0, 0.05) is 17.3 Å². The van der Waals surface area contributed by atoms with Crippen LogP contribution in [-0.2, 0) is 0 Å². The van der Waals surface area contributed by atoms with Gasteiger partial charge in [-0.1, -0.05) is 19.1 Å². The van der Waals surface area contributed by atoms with E-state index in [1.165, 1.54) is 24.3 Å². The lowest BCUT2D eigenvalue weighted by molar-refractivity contribution is 0.0687. The molecular formula is C16H16N2O4. The topological polar surface area (TPSA) is 127 Å². The standard InChI is InChI=1S/C16H16N2O4/c1-8(9-2-4-13(17)11(6-9)15(19)20)10-3-5-14(18)12(7-10)16(21)22/h2-8H,17-18H2,1H3,(H,19,20)(H,21,22). The molecule has 0 bridgehead atoms. The van der Waals surface area contributed by atoms with Crippen LogP contribution < -0.4 is 11.5 Å². The van der Waals surface area contributed by atoms with Crippen LogP contribution in [0, 0.1) is 0 Å². The molecule has 0 spiro atoms. The van der Waals surface area contributed by atoms with E-state index in [4.69, 9.17) is 21.7 Å². The second kappa shape index (κ2) is 5.77. The van der Waals surface area contributed by atoms with Crippen molar-refractivity contribution in [3.05, 3.63) is 58.7 Å². The first-order chi connectivity index (χ1) is 10.3. The molecule has 6 nitrogen and oxygen atoms in total. The molecule has 0 fully saturated rings. The first-order valence-electron chi connectivity index (χ1n) is 6.56. The maximum absolute atomic E-state index is 11.1. The van der Waals surface area contributed by atoms with Crippen LogP contribution in [0.4, 0.5) is 11.4 Å². The Kier molecular flexibility index (Phi) is 4.03. The first kappa shape index (κ1) is 15.4. The van der Waals surface area contributed by atoms with Crippen LogP contribution >= 0.6 is 0 Å². The molecule has 2 aromatic rings. The molecule has 0 aliphatic rings. The van der Waals surface area contributed by atoms with E-state index in [0.29, 0.717) is 0 Å². The quantitative estimate of drug-likeness (QED) is 0.642. The molecule has 2 aromatic carbocycles. The fourth-order valence-corrected chi connectivity index (χ4v) is 2.25. The van der Waals surface area contributed by atoms with Crippen molar-refractivity contribution in [1.29, 1.82) is 0 Å². The number of hydrogen-bond acceptors (Lipinski definition) is 4. The number of rotatable bonds is 4. The number of carboxylic acids is 2. The molecule has 0 unspecified atom stereocenters. The molecule has 0 aromatic heterocycles. The predicted octanol–water partition coefficient (Wildman–Crippen LogP) is 2.40. The summed E-state index contributed by atoms with van der Waals surface area (Å²) >= 11 is 0. The van der Waals surface area contributed by atoms with E-state index in [0.717, 1.165) is 11.1 Å². The molecule has 0 atom stereocenters. The molecule has 0 heterocycles. The molecule has 0 aliphatic carbocycles. The minimum atomic E-state index is -1.10. The number of nitrogens with two attached hydrogens (primary N) is 2. The molecule has 0 amide bonds. The summed E-state index contributed by atoms with van der Waals surface area (Å²) in [6.45, 7) is 1.86. The Hall–Kier alpha value is -3.02. The Morgan fingerprint density at radius 2 is 1.23 bits per heavy atom. The highest BCUT2D eigenvalue weighted by atomic mass is 16.4. The van der Waals surface area contributed by atoms with E-state index in [1.807, 2.05) is 6.92 Å². The summed E-state index contributed by atoms with van der Waals surface area (Å²) in [5, 5.41) is 18.2. The monoisotopic (exact) mass is 300 g/mol. The van der Waals surface area contributed by atoms with Crippen molar-refractivity contribution >= 4 is 23.3 Å². The molecule has 22 heavy (non-hydrogen) atoms. The van der Waals surface area contributed by atoms with Crippen LogP contribution in [-0.4, -0.2) is 22.2 Å². The van der Waals surface area contributed by atoms with Gasteiger partial charge in [0.2, 0.25) is 0 Å². The number of carboxylic acid groups (broad SMARTS) is 2. The maximum Gasteiger partial charge on any atom is 0.337 e. The number of hydrogen-bond donors (Lipinski definition) is 4. The Morgan fingerprint density at radius 1 is 0.864 bits per heavy atom. The summed E-state index contributed by atoms with van der Waals surface area (Å²) in [4.78, 5) is 22.3. The van der Waals surface area contributed by atoms with Gasteiger partial charge in [0.1, 0.15) is 0 Å². The van der Waals surface area contributed by atoms with Crippen LogP contribution in [0.25, 0.3) is 0 Å². The van der Waals surface area contributed by atoms with Gasteiger partial charge in [-0.2, -0.15) is 0 Å². The Labute approximate surface area is 127 Å². The van der Waals surface area contributed by atoms with Gasteiger partial charge >= 0.3 is 11.9 Å². The summed E-state index contributed by atoms with van der Waals surface area (Å²) in [6, 6.07) is 9.51. The zero-order valence-corrected chi connectivity index (χ0v) is 11.9. The van der Waals surface area contributed by atoms with E-state index >= 15 is 0 Å². The lowest BCUT2D eigenvalue weighted by Crippen LogP contribution is -2.07. The second-order valence-corrected chi connectivity index (χ2v) is 5.03.